The minimum atomic E-state index is -0.331. The predicted molar refractivity (Wildman–Crippen MR) is 79.3 cm³/mol. The van der Waals surface area contributed by atoms with Gasteiger partial charge in [-0.05, 0) is 11.6 Å². The third-order valence-corrected chi connectivity index (χ3v) is 3.89. The van der Waals surface area contributed by atoms with Crippen molar-refractivity contribution in [3.63, 3.8) is 0 Å². The van der Waals surface area contributed by atoms with Gasteiger partial charge in [0.1, 0.15) is 0 Å². The first-order chi connectivity index (χ1) is 9.15. The molecule has 1 aromatic heterocycles. The molecule has 0 amide bonds. The van der Waals surface area contributed by atoms with Crippen molar-refractivity contribution in [3.05, 3.63) is 51.2 Å². The van der Waals surface area contributed by atoms with Crippen LogP contribution in [0.4, 0.5) is 0 Å². The summed E-state index contributed by atoms with van der Waals surface area (Å²) in [6.07, 6.45) is 1.61. The zero-order valence-corrected chi connectivity index (χ0v) is 12.9. The van der Waals surface area contributed by atoms with Gasteiger partial charge in [0.25, 0.3) is 0 Å². The van der Waals surface area contributed by atoms with Gasteiger partial charge >= 0.3 is 0 Å². The van der Waals surface area contributed by atoms with Crippen molar-refractivity contribution < 1.29 is 4.74 Å². The van der Waals surface area contributed by atoms with E-state index in [4.69, 9.17) is 22.1 Å². The summed E-state index contributed by atoms with van der Waals surface area (Å²) in [5, 5.41) is 4.81. The van der Waals surface area contributed by atoms with Gasteiger partial charge in [0.05, 0.1) is 36.1 Å². The fraction of sp³-hybridized carbons (Fsp3) is 0.308. The standard InChI is InChI=1S/C13H15BrClN3O/c1-19-7-6-18-13(11(15)8-17-18)12(16)9-4-2-3-5-10(9)14/h2-5,8,12H,6-7,16H2,1H3. The highest BCUT2D eigenvalue weighted by atomic mass is 79.9. The summed E-state index contributed by atoms with van der Waals surface area (Å²) in [6.45, 7) is 1.18. The Balaban J connectivity index is 2.35. The summed E-state index contributed by atoms with van der Waals surface area (Å²) < 4.78 is 7.81. The van der Waals surface area contributed by atoms with Gasteiger partial charge in [-0.2, -0.15) is 5.10 Å². The van der Waals surface area contributed by atoms with E-state index in [2.05, 4.69) is 21.0 Å². The first kappa shape index (κ1) is 14.5. The van der Waals surface area contributed by atoms with Gasteiger partial charge in [-0.25, -0.2) is 0 Å². The fourth-order valence-electron chi connectivity index (χ4n) is 1.91. The van der Waals surface area contributed by atoms with Gasteiger partial charge in [0, 0.05) is 11.6 Å². The van der Waals surface area contributed by atoms with Crippen molar-refractivity contribution in [2.45, 2.75) is 12.6 Å². The van der Waals surface area contributed by atoms with E-state index < -0.39 is 0 Å². The molecular weight excluding hydrogens is 330 g/mol. The lowest BCUT2D eigenvalue weighted by molar-refractivity contribution is 0.182. The Morgan fingerprint density at radius 2 is 2.21 bits per heavy atom. The van der Waals surface area contributed by atoms with Gasteiger partial charge in [0.15, 0.2) is 0 Å². The summed E-state index contributed by atoms with van der Waals surface area (Å²) in [6, 6.07) is 7.49. The molecule has 6 heteroatoms. The Labute approximate surface area is 125 Å². The largest absolute Gasteiger partial charge is 0.383 e. The molecule has 0 aliphatic carbocycles. The summed E-state index contributed by atoms with van der Waals surface area (Å²) in [4.78, 5) is 0. The quantitative estimate of drug-likeness (QED) is 0.907. The van der Waals surface area contributed by atoms with Gasteiger partial charge < -0.3 is 10.5 Å². The lowest BCUT2D eigenvalue weighted by Crippen LogP contribution is -2.19. The minimum Gasteiger partial charge on any atom is -0.383 e. The van der Waals surface area contributed by atoms with Crippen LogP contribution in [0.1, 0.15) is 17.3 Å². The zero-order chi connectivity index (χ0) is 13.8. The molecule has 0 bridgehead atoms. The van der Waals surface area contributed by atoms with E-state index in [-0.39, 0.29) is 6.04 Å². The lowest BCUT2D eigenvalue weighted by Gasteiger charge is -2.16. The summed E-state index contributed by atoms with van der Waals surface area (Å²) in [5.74, 6) is 0. The number of halogens is 2. The van der Waals surface area contributed by atoms with E-state index in [1.165, 1.54) is 0 Å². The monoisotopic (exact) mass is 343 g/mol. The van der Waals surface area contributed by atoms with Crippen LogP contribution in [-0.2, 0) is 11.3 Å². The number of aromatic nitrogens is 2. The number of nitrogens with two attached hydrogens (primary N) is 1. The Hall–Kier alpha value is -0.880. The summed E-state index contributed by atoms with van der Waals surface area (Å²) in [7, 11) is 1.65. The maximum absolute atomic E-state index is 6.32. The van der Waals surface area contributed by atoms with E-state index in [9.17, 15) is 0 Å². The van der Waals surface area contributed by atoms with Crippen molar-refractivity contribution in [1.82, 2.24) is 9.78 Å². The van der Waals surface area contributed by atoms with E-state index in [1.54, 1.807) is 18.0 Å². The molecule has 1 unspecified atom stereocenters. The molecule has 2 N–H and O–H groups in total. The van der Waals surface area contributed by atoms with Gasteiger partial charge in [-0.3, -0.25) is 4.68 Å². The third kappa shape index (κ3) is 3.17. The van der Waals surface area contributed by atoms with E-state index in [0.29, 0.717) is 18.2 Å². The second-order valence-corrected chi connectivity index (χ2v) is 5.35. The summed E-state index contributed by atoms with van der Waals surface area (Å²) >= 11 is 9.71. The van der Waals surface area contributed by atoms with Gasteiger partial charge in [0.2, 0.25) is 0 Å². The highest BCUT2D eigenvalue weighted by Gasteiger charge is 2.20. The number of nitrogens with zero attached hydrogens (tertiary/aromatic N) is 2. The predicted octanol–water partition coefficient (Wildman–Crippen LogP) is 2.99. The zero-order valence-electron chi connectivity index (χ0n) is 10.5. The third-order valence-electron chi connectivity index (χ3n) is 2.88. The van der Waals surface area contributed by atoms with E-state index >= 15 is 0 Å². The molecule has 0 saturated heterocycles. The van der Waals surface area contributed by atoms with Gasteiger partial charge in [-0.15, -0.1) is 0 Å². The molecule has 0 aliphatic rings. The molecule has 2 rings (SSSR count). The van der Waals surface area contributed by atoms with Crippen LogP contribution in [0.25, 0.3) is 0 Å². The maximum Gasteiger partial charge on any atom is 0.0837 e. The smallest absolute Gasteiger partial charge is 0.0837 e. The number of ether oxygens (including phenoxy) is 1. The van der Waals surface area contributed by atoms with Crippen LogP contribution >= 0.6 is 27.5 Å². The molecule has 0 radical (unpaired) electrons. The van der Waals surface area contributed by atoms with Crippen molar-refractivity contribution in [2.24, 2.45) is 5.73 Å². The van der Waals surface area contributed by atoms with Crippen LogP contribution in [0.15, 0.2) is 34.9 Å². The SMILES string of the molecule is COCCn1ncc(Cl)c1C(N)c1ccccc1Br. The molecule has 2 aromatic rings. The summed E-state index contributed by atoms with van der Waals surface area (Å²) in [5.41, 5.74) is 8.09. The van der Waals surface area contributed by atoms with Crippen molar-refractivity contribution in [2.75, 3.05) is 13.7 Å². The van der Waals surface area contributed by atoms with Crippen molar-refractivity contribution in [1.29, 1.82) is 0 Å². The molecular formula is C13H15BrClN3O. The number of hydrogen-bond acceptors (Lipinski definition) is 3. The molecule has 1 atom stereocenters. The Morgan fingerprint density at radius 1 is 1.47 bits per heavy atom. The molecule has 0 aliphatic heterocycles. The number of benzene rings is 1. The second kappa shape index (κ2) is 6.52. The first-order valence-electron chi connectivity index (χ1n) is 5.85. The molecule has 0 fully saturated rings. The minimum absolute atomic E-state index is 0.331. The Bertz CT molecular complexity index is 559. The molecule has 0 saturated carbocycles. The van der Waals surface area contributed by atoms with E-state index in [0.717, 1.165) is 15.7 Å². The lowest BCUT2D eigenvalue weighted by atomic mass is 10.0. The van der Waals surface area contributed by atoms with Crippen LogP contribution < -0.4 is 5.73 Å². The number of hydrogen-bond donors (Lipinski definition) is 1. The van der Waals surface area contributed by atoms with Crippen LogP contribution in [0.3, 0.4) is 0 Å². The maximum atomic E-state index is 6.32. The Morgan fingerprint density at radius 3 is 2.89 bits per heavy atom. The fourth-order valence-corrected chi connectivity index (χ4v) is 2.70. The highest BCUT2D eigenvalue weighted by molar-refractivity contribution is 9.10. The molecule has 0 spiro atoms. The second-order valence-electron chi connectivity index (χ2n) is 4.09. The van der Waals surface area contributed by atoms with Gasteiger partial charge in [-0.1, -0.05) is 45.7 Å². The average molecular weight is 345 g/mol. The van der Waals surface area contributed by atoms with Crippen molar-refractivity contribution in [3.8, 4) is 0 Å². The van der Waals surface area contributed by atoms with Crippen LogP contribution in [0, 0.1) is 0 Å². The number of rotatable bonds is 5. The molecule has 1 heterocycles. The highest BCUT2D eigenvalue weighted by Crippen LogP contribution is 2.30. The normalized spacial score (nSPS) is 12.6. The average Bonchev–Trinajstić information content (AvgIpc) is 2.77. The molecule has 1 aromatic carbocycles. The topological polar surface area (TPSA) is 53.1 Å². The molecule has 19 heavy (non-hydrogen) atoms. The van der Waals surface area contributed by atoms with Crippen LogP contribution in [0.5, 0.6) is 0 Å². The molecule has 4 nitrogen and oxygen atoms in total. The first-order valence-corrected chi connectivity index (χ1v) is 7.02. The number of methoxy groups -OCH3 is 1. The van der Waals surface area contributed by atoms with Crippen LogP contribution in [0.2, 0.25) is 5.02 Å². The molecule has 102 valence electrons. The van der Waals surface area contributed by atoms with E-state index in [1.807, 2.05) is 24.3 Å². The van der Waals surface area contributed by atoms with Crippen LogP contribution in [-0.4, -0.2) is 23.5 Å². The van der Waals surface area contributed by atoms with Crippen molar-refractivity contribution >= 4 is 27.5 Å². The Kier molecular flexibility index (Phi) is 4.99.